The first kappa shape index (κ1) is 21.2. The number of hydrogen-bond acceptors (Lipinski definition) is 5. The summed E-state index contributed by atoms with van der Waals surface area (Å²) >= 11 is 1.55. The molecule has 0 radical (unpaired) electrons. The minimum absolute atomic E-state index is 0.0280. The van der Waals surface area contributed by atoms with Gasteiger partial charge in [-0.05, 0) is 50.9 Å². The minimum atomic E-state index is -3.12. The highest BCUT2D eigenvalue weighted by Gasteiger charge is 2.50. The molecule has 3 aliphatic rings. The van der Waals surface area contributed by atoms with E-state index >= 15 is 0 Å². The van der Waals surface area contributed by atoms with Gasteiger partial charge in [0.05, 0.1) is 10.8 Å². The third kappa shape index (κ3) is 4.69. The number of piperidine rings is 1. The number of nitrogens with one attached hydrogen (secondary N) is 1. The number of nitrogens with zero attached hydrogens (tertiary/aromatic N) is 2. The SMILES string of the molecule is CCCS(=O)(=O)N1CCC(c2nc(C(=O)NC3(C4CCCCC4)CC3)cs2)CC1. The number of rotatable bonds is 7. The monoisotopic (exact) mass is 439 g/mol. The molecule has 1 amide bonds. The number of carbonyl (C=O) groups excluding carboxylic acids is 1. The molecule has 2 aliphatic carbocycles. The lowest BCUT2D eigenvalue weighted by molar-refractivity contribution is 0.0897. The van der Waals surface area contributed by atoms with Crippen molar-refractivity contribution >= 4 is 27.3 Å². The predicted molar refractivity (Wildman–Crippen MR) is 116 cm³/mol. The molecule has 1 aliphatic heterocycles. The van der Waals surface area contributed by atoms with Gasteiger partial charge in [0.15, 0.2) is 0 Å². The number of amides is 1. The van der Waals surface area contributed by atoms with Crippen molar-refractivity contribution in [3.8, 4) is 0 Å². The van der Waals surface area contributed by atoms with Gasteiger partial charge < -0.3 is 5.32 Å². The highest BCUT2D eigenvalue weighted by molar-refractivity contribution is 7.89. The van der Waals surface area contributed by atoms with Crippen LogP contribution in [-0.2, 0) is 10.0 Å². The van der Waals surface area contributed by atoms with Crippen molar-refractivity contribution in [3.63, 3.8) is 0 Å². The lowest BCUT2D eigenvalue weighted by atomic mass is 9.82. The van der Waals surface area contributed by atoms with Crippen LogP contribution in [0, 0.1) is 5.92 Å². The lowest BCUT2D eigenvalue weighted by Crippen LogP contribution is -2.43. The smallest absolute Gasteiger partial charge is 0.271 e. The molecule has 1 N–H and O–H groups in total. The summed E-state index contributed by atoms with van der Waals surface area (Å²) in [5, 5.41) is 6.18. The second-order valence-corrected chi connectivity index (χ2v) is 12.0. The average Bonchev–Trinajstić information content (AvgIpc) is 3.33. The third-order valence-electron chi connectivity index (χ3n) is 6.95. The predicted octanol–water partition coefficient (Wildman–Crippen LogP) is 3.91. The zero-order chi connectivity index (χ0) is 20.5. The second-order valence-electron chi connectivity index (χ2n) is 9.01. The van der Waals surface area contributed by atoms with E-state index in [-0.39, 0.29) is 23.1 Å². The van der Waals surface area contributed by atoms with Crippen molar-refractivity contribution in [2.45, 2.75) is 82.6 Å². The molecule has 0 aromatic carbocycles. The molecule has 8 heteroatoms. The van der Waals surface area contributed by atoms with Crippen molar-refractivity contribution in [1.29, 1.82) is 0 Å². The van der Waals surface area contributed by atoms with E-state index in [4.69, 9.17) is 0 Å². The van der Waals surface area contributed by atoms with E-state index in [0.29, 0.717) is 31.1 Å². The molecule has 0 unspecified atom stereocenters. The molecule has 1 aromatic rings. The average molecular weight is 440 g/mol. The first-order valence-corrected chi connectivity index (χ1v) is 13.7. The van der Waals surface area contributed by atoms with Crippen LogP contribution in [-0.4, -0.2) is 48.0 Å². The summed E-state index contributed by atoms with van der Waals surface area (Å²) in [5.74, 6) is 1.08. The van der Waals surface area contributed by atoms with Crippen LogP contribution in [0.3, 0.4) is 0 Å². The first-order chi connectivity index (χ1) is 13.9. The molecule has 0 bridgehead atoms. The molecule has 3 fully saturated rings. The second kappa shape index (κ2) is 8.63. The summed E-state index contributed by atoms with van der Waals surface area (Å²) in [4.78, 5) is 17.5. The summed E-state index contributed by atoms with van der Waals surface area (Å²) in [7, 11) is -3.12. The highest BCUT2D eigenvalue weighted by atomic mass is 32.2. The van der Waals surface area contributed by atoms with Crippen LogP contribution in [0.5, 0.6) is 0 Å². The normalized spacial score (nSPS) is 23.8. The van der Waals surface area contributed by atoms with Crippen LogP contribution in [0.1, 0.15) is 92.5 Å². The maximum absolute atomic E-state index is 12.8. The van der Waals surface area contributed by atoms with Crippen molar-refractivity contribution < 1.29 is 13.2 Å². The summed E-state index contributed by atoms with van der Waals surface area (Å²) < 4.78 is 26.1. The Hall–Kier alpha value is -0.990. The molecule has 4 rings (SSSR count). The zero-order valence-corrected chi connectivity index (χ0v) is 19.0. The van der Waals surface area contributed by atoms with E-state index in [1.807, 2.05) is 12.3 Å². The van der Waals surface area contributed by atoms with Crippen molar-refractivity contribution in [2.75, 3.05) is 18.8 Å². The van der Waals surface area contributed by atoms with E-state index in [1.165, 1.54) is 32.1 Å². The molecule has 1 saturated heterocycles. The molecule has 2 saturated carbocycles. The van der Waals surface area contributed by atoms with E-state index in [1.54, 1.807) is 15.6 Å². The fraction of sp³-hybridized carbons (Fsp3) is 0.810. The Kier molecular flexibility index (Phi) is 6.33. The quantitative estimate of drug-likeness (QED) is 0.699. The molecule has 0 atom stereocenters. The van der Waals surface area contributed by atoms with Crippen molar-refractivity contribution in [2.24, 2.45) is 5.92 Å². The lowest BCUT2D eigenvalue weighted by Gasteiger charge is -2.31. The van der Waals surface area contributed by atoms with Gasteiger partial charge in [-0.25, -0.2) is 17.7 Å². The van der Waals surface area contributed by atoms with Crippen LogP contribution in [0.25, 0.3) is 0 Å². The summed E-state index contributed by atoms with van der Waals surface area (Å²) in [5.41, 5.74) is 0.563. The maximum Gasteiger partial charge on any atom is 0.271 e. The van der Waals surface area contributed by atoms with Crippen molar-refractivity contribution in [1.82, 2.24) is 14.6 Å². The van der Waals surface area contributed by atoms with Gasteiger partial charge in [-0.15, -0.1) is 11.3 Å². The van der Waals surface area contributed by atoms with Gasteiger partial charge in [-0.3, -0.25) is 4.79 Å². The molecule has 0 spiro atoms. The molecule has 162 valence electrons. The van der Waals surface area contributed by atoms with Gasteiger partial charge in [-0.1, -0.05) is 26.2 Å². The van der Waals surface area contributed by atoms with E-state index in [0.717, 1.165) is 30.7 Å². The molecule has 29 heavy (non-hydrogen) atoms. The standard InChI is InChI=1S/C21H33N3O3S2/c1-2-14-29(26,27)24-12-8-16(9-13-24)20-22-18(15-28-20)19(25)23-21(10-11-21)17-6-4-3-5-7-17/h15-17H,2-14H2,1H3,(H,23,25). The number of hydrogen-bond donors (Lipinski definition) is 1. The van der Waals surface area contributed by atoms with Crippen LogP contribution in [0.15, 0.2) is 5.38 Å². The number of carbonyl (C=O) groups is 1. The van der Waals surface area contributed by atoms with Gasteiger partial charge >= 0.3 is 0 Å². The van der Waals surface area contributed by atoms with Crippen LogP contribution >= 0.6 is 11.3 Å². The number of thiazole rings is 1. The Bertz CT molecular complexity index is 818. The van der Waals surface area contributed by atoms with Crippen molar-refractivity contribution in [3.05, 3.63) is 16.1 Å². The zero-order valence-electron chi connectivity index (χ0n) is 17.4. The maximum atomic E-state index is 12.8. The Morgan fingerprint density at radius 3 is 2.52 bits per heavy atom. The van der Waals surface area contributed by atoms with Gasteiger partial charge in [0, 0.05) is 29.9 Å². The Morgan fingerprint density at radius 2 is 1.90 bits per heavy atom. The van der Waals surface area contributed by atoms with Gasteiger partial charge in [0.25, 0.3) is 5.91 Å². The van der Waals surface area contributed by atoms with Gasteiger partial charge in [0.2, 0.25) is 10.0 Å². The van der Waals surface area contributed by atoms with E-state index in [2.05, 4.69) is 10.3 Å². The molecule has 1 aromatic heterocycles. The molecular formula is C21H33N3O3S2. The van der Waals surface area contributed by atoms with Gasteiger partial charge in [-0.2, -0.15) is 0 Å². The summed E-state index contributed by atoms with van der Waals surface area (Å²) in [6, 6.07) is 0. The largest absolute Gasteiger partial charge is 0.345 e. The highest BCUT2D eigenvalue weighted by Crippen LogP contribution is 2.48. The summed E-state index contributed by atoms with van der Waals surface area (Å²) in [6.07, 6.45) is 10.8. The third-order valence-corrected chi connectivity index (χ3v) is 10.0. The van der Waals surface area contributed by atoms with Gasteiger partial charge in [0.1, 0.15) is 5.69 Å². The van der Waals surface area contributed by atoms with E-state index in [9.17, 15) is 13.2 Å². The summed E-state index contributed by atoms with van der Waals surface area (Å²) in [6.45, 7) is 3.00. The molecule has 2 heterocycles. The number of aromatic nitrogens is 1. The Labute approximate surface area is 178 Å². The Morgan fingerprint density at radius 1 is 1.21 bits per heavy atom. The van der Waals surface area contributed by atoms with Crippen LogP contribution in [0.4, 0.5) is 0 Å². The van der Waals surface area contributed by atoms with Crippen LogP contribution < -0.4 is 5.32 Å². The first-order valence-electron chi connectivity index (χ1n) is 11.2. The molecule has 6 nitrogen and oxygen atoms in total. The minimum Gasteiger partial charge on any atom is -0.345 e. The fourth-order valence-corrected chi connectivity index (χ4v) is 7.58. The topological polar surface area (TPSA) is 79.4 Å². The Balaban J connectivity index is 1.34. The van der Waals surface area contributed by atoms with E-state index < -0.39 is 10.0 Å². The number of sulfonamides is 1. The van der Waals surface area contributed by atoms with Crippen LogP contribution in [0.2, 0.25) is 0 Å². The molecular weight excluding hydrogens is 406 g/mol. The fourth-order valence-electron chi connectivity index (χ4n) is 5.06.